The van der Waals surface area contributed by atoms with E-state index in [0.29, 0.717) is 29.1 Å². The number of nitrogens with zero attached hydrogens (tertiary/aromatic N) is 1. The van der Waals surface area contributed by atoms with Gasteiger partial charge in [0.25, 0.3) is 0 Å². The summed E-state index contributed by atoms with van der Waals surface area (Å²) < 4.78 is 25.0. The molecule has 6 heteroatoms. The number of carboxylic acids is 1. The predicted octanol–water partition coefficient (Wildman–Crippen LogP) is 5.81. The SMILES string of the molecule is CCOc1ccccc1-c1ccc(-c2cc(C(=O)O)c3cc(F)ccc3n2)c(OC)c1. The normalized spacial score (nSPS) is 10.8. The van der Waals surface area contributed by atoms with Gasteiger partial charge in [0.1, 0.15) is 17.3 Å². The largest absolute Gasteiger partial charge is 0.496 e. The topological polar surface area (TPSA) is 68.7 Å². The summed E-state index contributed by atoms with van der Waals surface area (Å²) in [6.45, 7) is 2.48. The second-order valence-electron chi connectivity index (χ2n) is 6.87. The summed E-state index contributed by atoms with van der Waals surface area (Å²) in [6.07, 6.45) is 0. The third-order valence-corrected chi connectivity index (χ3v) is 4.98. The summed E-state index contributed by atoms with van der Waals surface area (Å²) in [4.78, 5) is 16.4. The van der Waals surface area contributed by atoms with Gasteiger partial charge in [0.2, 0.25) is 0 Å². The molecule has 0 saturated heterocycles. The van der Waals surface area contributed by atoms with Crippen LogP contribution < -0.4 is 9.47 Å². The van der Waals surface area contributed by atoms with Gasteiger partial charge in [0.05, 0.1) is 30.5 Å². The van der Waals surface area contributed by atoms with Crippen LogP contribution in [-0.2, 0) is 0 Å². The molecule has 0 atom stereocenters. The number of methoxy groups -OCH3 is 1. The van der Waals surface area contributed by atoms with Gasteiger partial charge in [0, 0.05) is 16.5 Å². The fraction of sp³-hybridized carbons (Fsp3) is 0.120. The second kappa shape index (κ2) is 8.44. The summed E-state index contributed by atoms with van der Waals surface area (Å²) >= 11 is 0. The lowest BCUT2D eigenvalue weighted by Crippen LogP contribution is -2.01. The first-order chi connectivity index (χ1) is 15.0. The van der Waals surface area contributed by atoms with E-state index in [1.807, 2.05) is 49.4 Å². The number of carbonyl (C=O) groups is 1. The number of para-hydroxylation sites is 1. The number of benzene rings is 3. The molecule has 0 bridgehead atoms. The fourth-order valence-electron chi connectivity index (χ4n) is 3.57. The molecule has 0 unspecified atom stereocenters. The minimum Gasteiger partial charge on any atom is -0.496 e. The zero-order chi connectivity index (χ0) is 22.0. The summed E-state index contributed by atoms with van der Waals surface area (Å²) in [5.41, 5.74) is 3.25. The Bertz CT molecular complexity index is 1290. The van der Waals surface area contributed by atoms with Gasteiger partial charge in [-0.2, -0.15) is 0 Å². The molecule has 0 aliphatic heterocycles. The molecule has 31 heavy (non-hydrogen) atoms. The predicted molar refractivity (Wildman–Crippen MR) is 117 cm³/mol. The van der Waals surface area contributed by atoms with Crippen LogP contribution in [-0.4, -0.2) is 29.8 Å². The molecule has 1 aromatic heterocycles. The Morgan fingerprint density at radius 2 is 1.81 bits per heavy atom. The lowest BCUT2D eigenvalue weighted by atomic mass is 9.99. The molecule has 1 heterocycles. The van der Waals surface area contributed by atoms with Crippen LogP contribution in [0, 0.1) is 5.82 Å². The summed E-state index contributed by atoms with van der Waals surface area (Å²) in [5.74, 6) is -0.368. The van der Waals surface area contributed by atoms with Gasteiger partial charge in [0.15, 0.2) is 0 Å². The third-order valence-electron chi connectivity index (χ3n) is 4.98. The Morgan fingerprint density at radius 1 is 1.00 bits per heavy atom. The number of carboxylic acid groups (broad SMARTS) is 1. The van der Waals surface area contributed by atoms with Gasteiger partial charge in [-0.15, -0.1) is 0 Å². The first-order valence-corrected chi connectivity index (χ1v) is 9.76. The first-order valence-electron chi connectivity index (χ1n) is 9.76. The average Bonchev–Trinajstić information content (AvgIpc) is 2.78. The van der Waals surface area contributed by atoms with Crippen LogP contribution in [0.5, 0.6) is 11.5 Å². The van der Waals surface area contributed by atoms with E-state index in [-0.39, 0.29) is 10.9 Å². The highest BCUT2D eigenvalue weighted by molar-refractivity contribution is 6.04. The van der Waals surface area contributed by atoms with Gasteiger partial charge in [-0.25, -0.2) is 14.2 Å². The molecule has 4 rings (SSSR count). The molecular weight excluding hydrogens is 397 g/mol. The van der Waals surface area contributed by atoms with Crippen LogP contribution in [0.4, 0.5) is 4.39 Å². The number of hydrogen-bond acceptors (Lipinski definition) is 4. The highest BCUT2D eigenvalue weighted by Crippen LogP contribution is 2.37. The molecule has 5 nitrogen and oxygen atoms in total. The maximum atomic E-state index is 13.7. The molecule has 156 valence electrons. The Kier molecular flexibility index (Phi) is 5.54. The third kappa shape index (κ3) is 3.92. The minimum atomic E-state index is -1.15. The molecule has 3 aromatic carbocycles. The number of rotatable bonds is 6. The zero-order valence-corrected chi connectivity index (χ0v) is 17.1. The van der Waals surface area contributed by atoms with Gasteiger partial charge in [-0.05, 0) is 55.0 Å². The summed E-state index contributed by atoms with van der Waals surface area (Å²) in [5, 5.41) is 9.90. The molecule has 0 spiro atoms. The van der Waals surface area contributed by atoms with Crippen molar-refractivity contribution in [2.24, 2.45) is 0 Å². The standard InChI is InChI=1S/C25H20FNO4/c1-3-31-23-7-5-4-6-17(23)15-8-10-18(24(12-15)30-2)22-14-20(25(28)29)19-13-16(26)9-11-21(19)27-22/h4-14H,3H2,1-2H3,(H,28,29). The Morgan fingerprint density at radius 3 is 2.55 bits per heavy atom. The van der Waals surface area contributed by atoms with Gasteiger partial charge in [-0.3, -0.25) is 0 Å². The number of aromatic nitrogens is 1. The molecular formula is C25H20FNO4. The monoisotopic (exact) mass is 417 g/mol. The van der Waals surface area contributed by atoms with Crippen molar-refractivity contribution >= 4 is 16.9 Å². The zero-order valence-electron chi connectivity index (χ0n) is 17.1. The van der Waals surface area contributed by atoms with E-state index in [1.165, 1.54) is 24.3 Å². The van der Waals surface area contributed by atoms with Crippen LogP contribution in [0.15, 0.2) is 66.7 Å². The average molecular weight is 417 g/mol. The maximum absolute atomic E-state index is 13.7. The van der Waals surface area contributed by atoms with E-state index in [2.05, 4.69) is 4.98 Å². The van der Waals surface area contributed by atoms with Crippen LogP contribution in [0.1, 0.15) is 17.3 Å². The number of ether oxygens (including phenoxy) is 2. The van der Waals surface area contributed by atoms with Gasteiger partial charge in [-0.1, -0.05) is 24.3 Å². The second-order valence-corrected chi connectivity index (χ2v) is 6.87. The lowest BCUT2D eigenvalue weighted by Gasteiger charge is -2.14. The summed E-state index contributed by atoms with van der Waals surface area (Å²) in [7, 11) is 1.55. The van der Waals surface area contributed by atoms with Crippen molar-refractivity contribution in [3.63, 3.8) is 0 Å². The molecule has 1 N–H and O–H groups in total. The fourth-order valence-corrected chi connectivity index (χ4v) is 3.57. The van der Waals surface area contributed by atoms with Crippen molar-refractivity contribution in [2.75, 3.05) is 13.7 Å². The Balaban J connectivity index is 1.87. The smallest absolute Gasteiger partial charge is 0.336 e. The lowest BCUT2D eigenvalue weighted by molar-refractivity contribution is 0.0699. The van der Waals surface area contributed by atoms with Crippen molar-refractivity contribution in [3.8, 4) is 33.9 Å². The molecule has 0 saturated carbocycles. The van der Waals surface area contributed by atoms with Crippen molar-refractivity contribution < 1.29 is 23.8 Å². The highest BCUT2D eigenvalue weighted by atomic mass is 19.1. The molecule has 0 fully saturated rings. The van der Waals surface area contributed by atoms with Gasteiger partial charge >= 0.3 is 5.97 Å². The van der Waals surface area contributed by atoms with Crippen LogP contribution in [0.2, 0.25) is 0 Å². The Hall–Kier alpha value is -3.93. The van der Waals surface area contributed by atoms with E-state index in [4.69, 9.17) is 9.47 Å². The number of halogens is 1. The van der Waals surface area contributed by atoms with E-state index in [1.54, 1.807) is 7.11 Å². The first kappa shape index (κ1) is 20.3. The van der Waals surface area contributed by atoms with Crippen LogP contribution in [0.25, 0.3) is 33.3 Å². The molecule has 0 radical (unpaired) electrons. The maximum Gasteiger partial charge on any atom is 0.336 e. The van der Waals surface area contributed by atoms with Crippen molar-refractivity contribution in [1.29, 1.82) is 0 Å². The number of aromatic carboxylic acids is 1. The highest BCUT2D eigenvalue weighted by Gasteiger charge is 2.17. The van der Waals surface area contributed by atoms with Crippen LogP contribution in [0.3, 0.4) is 0 Å². The summed E-state index contributed by atoms with van der Waals surface area (Å²) in [6, 6.07) is 18.7. The van der Waals surface area contributed by atoms with Crippen molar-refractivity contribution in [3.05, 3.63) is 78.1 Å². The minimum absolute atomic E-state index is 0.0210. The molecule has 0 aliphatic rings. The van der Waals surface area contributed by atoms with E-state index < -0.39 is 11.8 Å². The number of pyridine rings is 1. The number of hydrogen-bond donors (Lipinski definition) is 1. The molecule has 0 aliphatic carbocycles. The van der Waals surface area contributed by atoms with Crippen molar-refractivity contribution in [1.82, 2.24) is 4.98 Å². The molecule has 4 aromatic rings. The van der Waals surface area contributed by atoms with Crippen molar-refractivity contribution in [2.45, 2.75) is 6.92 Å². The van der Waals surface area contributed by atoms with Gasteiger partial charge < -0.3 is 14.6 Å². The van der Waals surface area contributed by atoms with Crippen LogP contribution >= 0.6 is 0 Å². The van der Waals surface area contributed by atoms with E-state index in [9.17, 15) is 14.3 Å². The quantitative estimate of drug-likeness (QED) is 0.429. The number of fused-ring (bicyclic) bond motifs is 1. The van der Waals surface area contributed by atoms with E-state index in [0.717, 1.165) is 16.9 Å². The molecule has 0 amide bonds. The Labute approximate surface area is 178 Å². The van der Waals surface area contributed by atoms with E-state index >= 15 is 0 Å².